The largest absolute Gasteiger partial charge is 0.396 e. The molecule has 1 saturated carbocycles. The van der Waals surface area contributed by atoms with Crippen LogP contribution in [0.5, 0.6) is 0 Å². The molecule has 0 aromatic carbocycles. The Morgan fingerprint density at radius 1 is 1.46 bits per heavy atom. The predicted octanol–water partition coefficient (Wildman–Crippen LogP) is 1.49. The molecule has 0 bridgehead atoms. The summed E-state index contributed by atoms with van der Waals surface area (Å²) in [4.78, 5) is 0. The van der Waals surface area contributed by atoms with Crippen molar-refractivity contribution >= 4 is 11.8 Å². The first-order valence-corrected chi connectivity index (χ1v) is 6.42. The SMILES string of the molecule is CC(NCCSCCCO)C1CC1. The number of aliphatic hydroxyl groups excluding tert-OH is 1. The zero-order valence-electron chi connectivity index (χ0n) is 8.46. The molecule has 0 radical (unpaired) electrons. The predicted molar refractivity (Wildman–Crippen MR) is 59.2 cm³/mol. The molecule has 1 unspecified atom stereocenters. The van der Waals surface area contributed by atoms with Crippen LogP contribution < -0.4 is 5.32 Å². The van der Waals surface area contributed by atoms with Crippen molar-refractivity contribution in [2.75, 3.05) is 24.7 Å². The van der Waals surface area contributed by atoms with Crippen LogP contribution in [0.25, 0.3) is 0 Å². The molecule has 1 fully saturated rings. The summed E-state index contributed by atoms with van der Waals surface area (Å²) < 4.78 is 0. The molecule has 78 valence electrons. The van der Waals surface area contributed by atoms with Crippen LogP contribution in [0, 0.1) is 5.92 Å². The van der Waals surface area contributed by atoms with E-state index in [1.54, 1.807) is 0 Å². The summed E-state index contributed by atoms with van der Waals surface area (Å²) in [5.74, 6) is 3.23. The summed E-state index contributed by atoms with van der Waals surface area (Å²) in [5, 5.41) is 12.1. The molecule has 1 aliphatic carbocycles. The summed E-state index contributed by atoms with van der Waals surface area (Å²) >= 11 is 1.93. The maximum Gasteiger partial charge on any atom is 0.0438 e. The molecule has 0 heterocycles. The zero-order chi connectivity index (χ0) is 9.52. The standard InChI is InChI=1S/C10H21NOS/c1-9(10-3-4-10)11-5-8-13-7-2-6-12/h9-12H,2-8H2,1H3. The van der Waals surface area contributed by atoms with E-state index in [4.69, 9.17) is 5.11 Å². The van der Waals surface area contributed by atoms with E-state index in [1.807, 2.05) is 11.8 Å². The number of rotatable bonds is 8. The molecule has 1 aliphatic rings. The first-order valence-electron chi connectivity index (χ1n) is 5.26. The number of nitrogens with one attached hydrogen (secondary N) is 1. The molecule has 0 spiro atoms. The van der Waals surface area contributed by atoms with Crippen molar-refractivity contribution in [1.29, 1.82) is 0 Å². The Balaban J connectivity index is 1.77. The molecule has 1 atom stereocenters. The molecule has 3 heteroatoms. The normalized spacial score (nSPS) is 18.9. The van der Waals surface area contributed by atoms with Crippen molar-refractivity contribution in [2.24, 2.45) is 5.92 Å². The molecule has 0 aromatic heterocycles. The minimum absolute atomic E-state index is 0.332. The quantitative estimate of drug-likeness (QED) is 0.586. The van der Waals surface area contributed by atoms with Crippen molar-refractivity contribution in [3.05, 3.63) is 0 Å². The Hall–Kier alpha value is 0.270. The second kappa shape index (κ2) is 6.68. The number of aliphatic hydroxyl groups is 1. The highest BCUT2D eigenvalue weighted by molar-refractivity contribution is 7.99. The number of thioether (sulfide) groups is 1. The van der Waals surface area contributed by atoms with Gasteiger partial charge in [-0.1, -0.05) is 0 Å². The van der Waals surface area contributed by atoms with Gasteiger partial charge in [-0.25, -0.2) is 0 Å². The Labute approximate surface area is 85.5 Å². The lowest BCUT2D eigenvalue weighted by Crippen LogP contribution is -2.29. The molecular weight excluding hydrogens is 182 g/mol. The highest BCUT2D eigenvalue weighted by Crippen LogP contribution is 2.32. The lowest BCUT2D eigenvalue weighted by Gasteiger charge is -2.11. The van der Waals surface area contributed by atoms with Gasteiger partial charge < -0.3 is 10.4 Å². The molecule has 0 aromatic rings. The number of hydrogen-bond donors (Lipinski definition) is 2. The molecular formula is C10H21NOS. The van der Waals surface area contributed by atoms with Crippen molar-refractivity contribution < 1.29 is 5.11 Å². The van der Waals surface area contributed by atoms with Gasteiger partial charge in [0, 0.05) is 24.9 Å². The maximum absolute atomic E-state index is 8.56. The van der Waals surface area contributed by atoms with Crippen molar-refractivity contribution in [2.45, 2.75) is 32.2 Å². The van der Waals surface area contributed by atoms with Gasteiger partial charge in [0.1, 0.15) is 0 Å². The smallest absolute Gasteiger partial charge is 0.0438 e. The highest BCUT2D eigenvalue weighted by Gasteiger charge is 2.26. The average molecular weight is 203 g/mol. The maximum atomic E-state index is 8.56. The van der Waals surface area contributed by atoms with E-state index in [1.165, 1.54) is 18.6 Å². The topological polar surface area (TPSA) is 32.3 Å². The second-order valence-corrected chi connectivity index (χ2v) is 4.99. The van der Waals surface area contributed by atoms with Gasteiger partial charge in [0.15, 0.2) is 0 Å². The summed E-state index contributed by atoms with van der Waals surface area (Å²) in [6, 6.07) is 0.721. The van der Waals surface area contributed by atoms with Crippen molar-refractivity contribution in [3.8, 4) is 0 Å². The van der Waals surface area contributed by atoms with Crippen molar-refractivity contribution in [1.82, 2.24) is 5.32 Å². The third-order valence-electron chi connectivity index (χ3n) is 2.49. The Morgan fingerprint density at radius 2 is 2.23 bits per heavy atom. The fourth-order valence-corrected chi connectivity index (χ4v) is 2.19. The van der Waals surface area contributed by atoms with Gasteiger partial charge in [-0.2, -0.15) is 11.8 Å². The van der Waals surface area contributed by atoms with Gasteiger partial charge in [-0.15, -0.1) is 0 Å². The van der Waals surface area contributed by atoms with E-state index in [0.29, 0.717) is 6.61 Å². The lowest BCUT2D eigenvalue weighted by molar-refractivity contribution is 0.296. The average Bonchev–Trinajstić information content (AvgIpc) is 2.93. The zero-order valence-corrected chi connectivity index (χ0v) is 9.28. The van der Waals surface area contributed by atoms with Crippen LogP contribution in [0.2, 0.25) is 0 Å². The van der Waals surface area contributed by atoms with Crippen LogP contribution in [-0.2, 0) is 0 Å². The Kier molecular flexibility index (Phi) is 5.83. The summed E-state index contributed by atoms with van der Waals surface area (Å²) in [6.45, 7) is 3.74. The van der Waals surface area contributed by atoms with Gasteiger partial charge in [0.25, 0.3) is 0 Å². The molecule has 0 amide bonds. The summed E-state index contributed by atoms with van der Waals surface area (Å²) in [6.07, 6.45) is 3.78. The van der Waals surface area contributed by atoms with Crippen LogP contribution in [0.15, 0.2) is 0 Å². The molecule has 1 rings (SSSR count). The first-order chi connectivity index (χ1) is 6.34. The van der Waals surface area contributed by atoms with Gasteiger partial charge in [-0.3, -0.25) is 0 Å². The minimum atomic E-state index is 0.332. The van der Waals surface area contributed by atoms with Crippen LogP contribution in [0.1, 0.15) is 26.2 Å². The van der Waals surface area contributed by atoms with E-state index in [9.17, 15) is 0 Å². The van der Waals surface area contributed by atoms with Crippen LogP contribution in [0.4, 0.5) is 0 Å². The van der Waals surface area contributed by atoms with Gasteiger partial charge in [0.2, 0.25) is 0 Å². The number of hydrogen-bond acceptors (Lipinski definition) is 3. The molecule has 0 saturated heterocycles. The van der Waals surface area contributed by atoms with E-state index in [0.717, 1.165) is 30.7 Å². The lowest BCUT2D eigenvalue weighted by atomic mass is 10.2. The van der Waals surface area contributed by atoms with Crippen LogP contribution in [-0.4, -0.2) is 35.8 Å². The van der Waals surface area contributed by atoms with E-state index >= 15 is 0 Å². The Morgan fingerprint density at radius 3 is 2.85 bits per heavy atom. The Bertz CT molecular complexity index is 128. The molecule has 0 aliphatic heterocycles. The van der Waals surface area contributed by atoms with E-state index in [-0.39, 0.29) is 0 Å². The third-order valence-corrected chi connectivity index (χ3v) is 3.56. The van der Waals surface area contributed by atoms with E-state index in [2.05, 4.69) is 12.2 Å². The third kappa shape index (κ3) is 5.55. The van der Waals surface area contributed by atoms with Crippen LogP contribution >= 0.6 is 11.8 Å². The van der Waals surface area contributed by atoms with Crippen molar-refractivity contribution in [3.63, 3.8) is 0 Å². The summed E-state index contributed by atoms with van der Waals surface area (Å²) in [7, 11) is 0. The highest BCUT2D eigenvalue weighted by atomic mass is 32.2. The second-order valence-electron chi connectivity index (χ2n) is 3.77. The van der Waals surface area contributed by atoms with Gasteiger partial charge in [-0.05, 0) is 37.9 Å². The summed E-state index contributed by atoms with van der Waals surface area (Å²) in [5.41, 5.74) is 0. The first kappa shape index (κ1) is 11.3. The van der Waals surface area contributed by atoms with Gasteiger partial charge >= 0.3 is 0 Å². The molecule has 2 nitrogen and oxygen atoms in total. The monoisotopic (exact) mass is 203 g/mol. The molecule has 13 heavy (non-hydrogen) atoms. The fourth-order valence-electron chi connectivity index (χ4n) is 1.39. The minimum Gasteiger partial charge on any atom is -0.396 e. The molecule has 2 N–H and O–H groups in total. The van der Waals surface area contributed by atoms with E-state index < -0.39 is 0 Å². The van der Waals surface area contributed by atoms with Crippen LogP contribution in [0.3, 0.4) is 0 Å². The fraction of sp³-hybridized carbons (Fsp3) is 1.00. The van der Waals surface area contributed by atoms with Gasteiger partial charge in [0.05, 0.1) is 0 Å².